The molecule has 1 unspecified atom stereocenters. The summed E-state index contributed by atoms with van der Waals surface area (Å²) < 4.78 is 44.9. The highest BCUT2D eigenvalue weighted by Gasteiger charge is 2.31. The second kappa shape index (κ2) is 6.01. The molecule has 1 aromatic carbocycles. The highest BCUT2D eigenvalue weighted by Crippen LogP contribution is 2.27. The van der Waals surface area contributed by atoms with Crippen molar-refractivity contribution in [2.45, 2.75) is 12.5 Å². The largest absolute Gasteiger partial charge is 0.573 e. The van der Waals surface area contributed by atoms with Crippen molar-refractivity contribution in [3.05, 3.63) is 53.9 Å². The van der Waals surface area contributed by atoms with Crippen molar-refractivity contribution in [2.24, 2.45) is 0 Å². The predicted octanol–water partition coefficient (Wildman–Crippen LogP) is 3.07. The van der Waals surface area contributed by atoms with Gasteiger partial charge in [-0.3, -0.25) is 4.98 Å². The molecule has 0 aliphatic carbocycles. The third-order valence-electron chi connectivity index (χ3n) is 2.72. The van der Waals surface area contributed by atoms with Crippen molar-refractivity contribution < 1.29 is 27.8 Å². The number of aliphatic hydroxyl groups excluding tert-OH is 1. The van der Waals surface area contributed by atoms with Crippen molar-refractivity contribution >= 4 is 0 Å². The summed E-state index contributed by atoms with van der Waals surface area (Å²) in [5.74, 6) is 0.130. The van der Waals surface area contributed by atoms with Crippen molar-refractivity contribution in [3.63, 3.8) is 0 Å². The number of aromatic nitrogens is 1. The van der Waals surface area contributed by atoms with Gasteiger partial charge in [0.1, 0.15) is 17.6 Å². The second-order valence-electron chi connectivity index (χ2n) is 4.18. The van der Waals surface area contributed by atoms with Gasteiger partial charge in [0.25, 0.3) is 0 Å². The third kappa shape index (κ3) is 4.09. The molecule has 0 saturated carbocycles. The molecule has 0 bridgehead atoms. The van der Waals surface area contributed by atoms with Crippen LogP contribution in [0.4, 0.5) is 13.2 Å². The van der Waals surface area contributed by atoms with E-state index in [1.165, 1.54) is 31.6 Å². The highest BCUT2D eigenvalue weighted by atomic mass is 19.4. The molecule has 2 aromatic rings. The van der Waals surface area contributed by atoms with Crippen LogP contribution in [0.3, 0.4) is 0 Å². The number of methoxy groups -OCH3 is 1. The predicted molar refractivity (Wildman–Crippen MR) is 68.0 cm³/mol. The molecule has 0 amide bonds. The molecule has 0 radical (unpaired) electrons. The summed E-state index contributed by atoms with van der Waals surface area (Å²) >= 11 is 0. The lowest BCUT2D eigenvalue weighted by atomic mass is 10.0. The summed E-state index contributed by atoms with van der Waals surface area (Å²) in [6, 6.07) is 6.58. The number of alkyl halides is 3. The molecule has 4 nitrogen and oxygen atoms in total. The van der Waals surface area contributed by atoms with Crippen LogP contribution in [-0.2, 0) is 0 Å². The number of nitrogens with zero attached hydrogens (tertiary/aromatic N) is 1. The zero-order valence-electron chi connectivity index (χ0n) is 11.0. The lowest BCUT2D eigenvalue weighted by molar-refractivity contribution is -0.274. The van der Waals surface area contributed by atoms with E-state index in [4.69, 9.17) is 4.74 Å². The molecule has 1 N–H and O–H groups in total. The molecular formula is C14H12F3NO3. The number of pyridine rings is 1. The smallest absolute Gasteiger partial charge is 0.495 e. The van der Waals surface area contributed by atoms with E-state index in [0.717, 1.165) is 12.1 Å². The van der Waals surface area contributed by atoms with Gasteiger partial charge in [-0.05, 0) is 23.8 Å². The lowest BCUT2D eigenvalue weighted by Crippen LogP contribution is -2.17. The number of benzene rings is 1. The van der Waals surface area contributed by atoms with E-state index in [1.54, 1.807) is 6.07 Å². The zero-order chi connectivity index (χ0) is 15.5. The second-order valence-corrected chi connectivity index (χ2v) is 4.18. The number of hydrogen-bond donors (Lipinski definition) is 1. The van der Waals surface area contributed by atoms with Crippen LogP contribution in [0, 0.1) is 0 Å². The number of aliphatic hydroxyl groups is 1. The van der Waals surface area contributed by atoms with Crippen molar-refractivity contribution in [2.75, 3.05) is 7.11 Å². The van der Waals surface area contributed by atoms with Crippen molar-refractivity contribution in [1.82, 2.24) is 4.98 Å². The van der Waals surface area contributed by atoms with Crippen molar-refractivity contribution in [3.8, 4) is 11.5 Å². The maximum Gasteiger partial charge on any atom is 0.573 e. The highest BCUT2D eigenvalue weighted by molar-refractivity contribution is 5.35. The Kier molecular flexibility index (Phi) is 4.32. The first kappa shape index (κ1) is 15.1. The molecule has 21 heavy (non-hydrogen) atoms. The van der Waals surface area contributed by atoms with Gasteiger partial charge in [-0.25, -0.2) is 0 Å². The van der Waals surface area contributed by atoms with Crippen LogP contribution < -0.4 is 9.47 Å². The fourth-order valence-electron chi connectivity index (χ4n) is 1.74. The Labute approximate surface area is 118 Å². The summed E-state index contributed by atoms with van der Waals surface area (Å²) in [5.41, 5.74) is 0.887. The van der Waals surface area contributed by atoms with Crippen LogP contribution in [0.15, 0.2) is 42.7 Å². The molecular weight excluding hydrogens is 287 g/mol. The van der Waals surface area contributed by atoms with E-state index < -0.39 is 12.5 Å². The maximum atomic E-state index is 12.1. The van der Waals surface area contributed by atoms with Gasteiger partial charge in [0.15, 0.2) is 0 Å². The average Bonchev–Trinajstić information content (AvgIpc) is 2.46. The number of rotatable bonds is 4. The number of hydrogen-bond acceptors (Lipinski definition) is 4. The zero-order valence-corrected chi connectivity index (χ0v) is 11.0. The van der Waals surface area contributed by atoms with Crippen LogP contribution in [0.2, 0.25) is 0 Å². The van der Waals surface area contributed by atoms with Gasteiger partial charge in [-0.2, -0.15) is 0 Å². The molecule has 7 heteroatoms. The Hall–Kier alpha value is -2.28. The minimum absolute atomic E-state index is 0.345. The summed E-state index contributed by atoms with van der Waals surface area (Å²) in [4.78, 5) is 3.91. The van der Waals surface area contributed by atoms with Crippen LogP contribution in [0.25, 0.3) is 0 Å². The van der Waals surface area contributed by atoms with Crippen LogP contribution >= 0.6 is 0 Å². The van der Waals surface area contributed by atoms with Crippen molar-refractivity contribution in [1.29, 1.82) is 0 Å². The quantitative estimate of drug-likeness (QED) is 0.942. The molecule has 0 aliphatic heterocycles. The SMILES string of the molecule is COc1cncc(C(O)c2ccc(OC(F)(F)F)cc2)c1. The summed E-state index contributed by atoms with van der Waals surface area (Å²) in [6.45, 7) is 0. The fraction of sp³-hybridized carbons (Fsp3) is 0.214. The lowest BCUT2D eigenvalue weighted by Gasteiger charge is -2.13. The molecule has 2 rings (SSSR count). The van der Waals surface area contributed by atoms with E-state index in [1.807, 2.05) is 0 Å². The summed E-state index contributed by atoms with van der Waals surface area (Å²) in [5, 5.41) is 10.2. The molecule has 1 atom stereocenters. The minimum atomic E-state index is -4.74. The molecule has 0 saturated heterocycles. The Morgan fingerprint density at radius 3 is 2.29 bits per heavy atom. The van der Waals surface area contributed by atoms with E-state index in [-0.39, 0.29) is 5.75 Å². The summed E-state index contributed by atoms with van der Waals surface area (Å²) in [6.07, 6.45) is -2.83. The van der Waals surface area contributed by atoms with Gasteiger partial charge < -0.3 is 14.6 Å². The topological polar surface area (TPSA) is 51.6 Å². The number of ether oxygens (including phenoxy) is 2. The van der Waals surface area contributed by atoms with E-state index in [2.05, 4.69) is 9.72 Å². The molecule has 1 heterocycles. The van der Waals surface area contributed by atoms with Crippen LogP contribution in [0.5, 0.6) is 11.5 Å². The van der Waals surface area contributed by atoms with Gasteiger partial charge in [0.2, 0.25) is 0 Å². The Bertz CT molecular complexity index is 599. The molecule has 0 aliphatic rings. The maximum absolute atomic E-state index is 12.1. The molecule has 0 fully saturated rings. The molecule has 1 aromatic heterocycles. The third-order valence-corrected chi connectivity index (χ3v) is 2.72. The van der Waals surface area contributed by atoms with Crippen LogP contribution in [0.1, 0.15) is 17.2 Å². The Morgan fingerprint density at radius 2 is 1.71 bits per heavy atom. The first-order chi connectivity index (χ1) is 9.89. The minimum Gasteiger partial charge on any atom is -0.495 e. The van der Waals surface area contributed by atoms with Gasteiger partial charge in [-0.15, -0.1) is 13.2 Å². The van der Waals surface area contributed by atoms with Gasteiger partial charge in [-0.1, -0.05) is 12.1 Å². The Morgan fingerprint density at radius 1 is 1.05 bits per heavy atom. The first-order valence-corrected chi connectivity index (χ1v) is 5.92. The van der Waals surface area contributed by atoms with Gasteiger partial charge in [0, 0.05) is 11.8 Å². The van der Waals surface area contributed by atoms with E-state index >= 15 is 0 Å². The fourth-order valence-corrected chi connectivity index (χ4v) is 1.74. The molecule has 112 valence electrons. The standard InChI is InChI=1S/C14H12F3NO3/c1-20-12-6-10(7-18-8-12)13(19)9-2-4-11(5-3-9)21-14(15,16)17/h2-8,13,19H,1H3. The van der Waals surface area contributed by atoms with E-state index in [9.17, 15) is 18.3 Å². The van der Waals surface area contributed by atoms with Gasteiger partial charge in [0.05, 0.1) is 13.3 Å². The first-order valence-electron chi connectivity index (χ1n) is 5.92. The van der Waals surface area contributed by atoms with Gasteiger partial charge >= 0.3 is 6.36 Å². The normalized spacial score (nSPS) is 12.8. The Balaban J connectivity index is 2.17. The monoisotopic (exact) mass is 299 g/mol. The molecule has 0 spiro atoms. The van der Waals surface area contributed by atoms with E-state index in [0.29, 0.717) is 16.9 Å². The number of halogens is 3. The summed E-state index contributed by atoms with van der Waals surface area (Å²) in [7, 11) is 1.47. The van der Waals surface area contributed by atoms with Crippen LogP contribution in [-0.4, -0.2) is 23.6 Å². The average molecular weight is 299 g/mol.